The Hall–Kier alpha value is -3.99. The second-order valence-electron chi connectivity index (χ2n) is 8.27. The molecule has 2 aromatic carbocycles. The molecule has 2 aromatic rings. The summed E-state index contributed by atoms with van der Waals surface area (Å²) in [6.45, 7) is 8.50. The number of terminal acetylenes is 1. The first-order valence-electron chi connectivity index (χ1n) is 11.2. The van der Waals surface area contributed by atoms with E-state index in [4.69, 9.17) is 16.9 Å². The summed E-state index contributed by atoms with van der Waals surface area (Å²) in [5.74, 6) is 2.09. The summed E-state index contributed by atoms with van der Waals surface area (Å²) in [7, 11) is 0. The van der Waals surface area contributed by atoms with Crippen LogP contribution in [0.3, 0.4) is 0 Å². The van der Waals surface area contributed by atoms with Crippen LogP contribution in [0.4, 0.5) is 11.4 Å². The standard InChI is InChI=1S/C26H30N4O4/c1-6-9-30-22(15-24(31)29(7-2)8-3)25(32)28-21-14-20(27)23(13-19(21)26(30)33)34-18-11-16(4)10-17(5)12-18/h1,10-14,22H,7-9,15,27H2,2-5H3,(H,28,32)/t22-/m0/s1. The van der Waals surface area contributed by atoms with Crippen LogP contribution >= 0.6 is 0 Å². The SMILES string of the molecule is C#CCN1C(=O)c2cc(Oc3cc(C)cc(C)c3)c(N)cc2NC(=O)[C@@H]1CC(=O)N(CC)CC. The number of ether oxygens (including phenoxy) is 1. The number of fused-ring (bicyclic) bond motifs is 1. The average Bonchev–Trinajstić information content (AvgIpc) is 2.85. The molecule has 0 saturated carbocycles. The largest absolute Gasteiger partial charge is 0.455 e. The van der Waals surface area contributed by atoms with Crippen molar-refractivity contribution in [1.29, 1.82) is 0 Å². The van der Waals surface area contributed by atoms with Gasteiger partial charge in [-0.3, -0.25) is 14.4 Å². The number of carbonyl (C=O) groups is 3. The number of anilines is 2. The normalized spacial score (nSPS) is 15.1. The number of amides is 3. The van der Waals surface area contributed by atoms with E-state index in [1.807, 2.05) is 45.9 Å². The molecule has 0 saturated heterocycles. The zero-order valence-electron chi connectivity index (χ0n) is 20.0. The number of carbonyl (C=O) groups excluding carboxylic acids is 3. The lowest BCUT2D eigenvalue weighted by atomic mass is 10.1. The fourth-order valence-corrected chi connectivity index (χ4v) is 4.09. The van der Waals surface area contributed by atoms with Gasteiger partial charge in [0.25, 0.3) is 5.91 Å². The molecule has 0 fully saturated rings. The second kappa shape index (κ2) is 10.3. The predicted molar refractivity (Wildman–Crippen MR) is 132 cm³/mol. The molecule has 34 heavy (non-hydrogen) atoms. The summed E-state index contributed by atoms with van der Waals surface area (Å²) in [6, 6.07) is 7.69. The number of aryl methyl sites for hydroxylation is 2. The third kappa shape index (κ3) is 5.15. The minimum atomic E-state index is -1.05. The van der Waals surface area contributed by atoms with Crippen LogP contribution in [0.25, 0.3) is 0 Å². The second-order valence-corrected chi connectivity index (χ2v) is 8.27. The van der Waals surface area contributed by atoms with Crippen LogP contribution in [0.1, 0.15) is 41.8 Å². The van der Waals surface area contributed by atoms with Crippen LogP contribution in [0.15, 0.2) is 30.3 Å². The first-order valence-corrected chi connectivity index (χ1v) is 11.2. The molecular weight excluding hydrogens is 432 g/mol. The first-order chi connectivity index (χ1) is 16.2. The number of nitrogens with zero attached hydrogens (tertiary/aromatic N) is 2. The van der Waals surface area contributed by atoms with Gasteiger partial charge in [0, 0.05) is 13.1 Å². The lowest BCUT2D eigenvalue weighted by Crippen LogP contribution is -2.48. The van der Waals surface area contributed by atoms with Crippen molar-refractivity contribution in [1.82, 2.24) is 9.80 Å². The summed E-state index contributed by atoms with van der Waals surface area (Å²) in [6.07, 6.45) is 5.34. The van der Waals surface area contributed by atoms with Gasteiger partial charge in [0.2, 0.25) is 11.8 Å². The summed E-state index contributed by atoms with van der Waals surface area (Å²) in [5.41, 5.74) is 8.94. The Bertz CT molecular complexity index is 1140. The highest BCUT2D eigenvalue weighted by Gasteiger charge is 2.37. The van der Waals surface area contributed by atoms with Crippen LogP contribution in [-0.2, 0) is 9.59 Å². The van der Waals surface area contributed by atoms with Gasteiger partial charge in [-0.1, -0.05) is 12.0 Å². The van der Waals surface area contributed by atoms with Gasteiger partial charge in [-0.2, -0.15) is 0 Å². The monoisotopic (exact) mass is 462 g/mol. The van der Waals surface area contributed by atoms with Crippen LogP contribution in [-0.4, -0.2) is 53.2 Å². The minimum Gasteiger partial charge on any atom is -0.455 e. The maximum absolute atomic E-state index is 13.5. The molecule has 0 bridgehead atoms. The van der Waals surface area contributed by atoms with Crippen LogP contribution in [0, 0.1) is 26.2 Å². The molecule has 3 amide bonds. The molecule has 0 radical (unpaired) electrons. The van der Waals surface area contributed by atoms with Crippen LogP contribution < -0.4 is 15.8 Å². The molecule has 1 aliphatic heterocycles. The molecule has 8 nitrogen and oxygen atoms in total. The Morgan fingerprint density at radius 1 is 1.15 bits per heavy atom. The number of nitrogens with one attached hydrogen (secondary N) is 1. The highest BCUT2D eigenvalue weighted by Crippen LogP contribution is 2.36. The summed E-state index contributed by atoms with van der Waals surface area (Å²) >= 11 is 0. The molecule has 1 aliphatic rings. The van der Waals surface area contributed by atoms with Crippen molar-refractivity contribution in [3.63, 3.8) is 0 Å². The number of rotatable bonds is 7. The quantitative estimate of drug-likeness (QED) is 0.485. The highest BCUT2D eigenvalue weighted by atomic mass is 16.5. The van der Waals surface area contributed by atoms with E-state index >= 15 is 0 Å². The zero-order valence-corrected chi connectivity index (χ0v) is 20.0. The fourth-order valence-electron chi connectivity index (χ4n) is 4.09. The van der Waals surface area contributed by atoms with Crippen molar-refractivity contribution in [2.75, 3.05) is 30.7 Å². The fraction of sp³-hybridized carbons (Fsp3) is 0.346. The summed E-state index contributed by atoms with van der Waals surface area (Å²) < 4.78 is 5.99. The van der Waals surface area contributed by atoms with E-state index in [2.05, 4.69) is 11.2 Å². The molecule has 0 aromatic heterocycles. The van der Waals surface area contributed by atoms with Crippen LogP contribution in [0.5, 0.6) is 11.5 Å². The lowest BCUT2D eigenvalue weighted by molar-refractivity contribution is -0.134. The van der Waals surface area contributed by atoms with Crippen molar-refractivity contribution in [3.05, 3.63) is 47.0 Å². The molecule has 178 valence electrons. The molecular formula is C26H30N4O4. The smallest absolute Gasteiger partial charge is 0.257 e. The van der Waals surface area contributed by atoms with Crippen molar-refractivity contribution < 1.29 is 19.1 Å². The number of nitrogens with two attached hydrogens (primary N) is 1. The van der Waals surface area contributed by atoms with Gasteiger partial charge in [0.05, 0.1) is 29.9 Å². The van der Waals surface area contributed by atoms with Gasteiger partial charge < -0.3 is 25.6 Å². The topological polar surface area (TPSA) is 105 Å². The van der Waals surface area contributed by atoms with Crippen molar-refractivity contribution in [2.24, 2.45) is 0 Å². The van der Waals surface area contributed by atoms with Crippen molar-refractivity contribution >= 4 is 29.1 Å². The van der Waals surface area contributed by atoms with E-state index in [1.54, 1.807) is 4.90 Å². The Morgan fingerprint density at radius 2 is 1.79 bits per heavy atom. The molecule has 1 atom stereocenters. The molecule has 0 spiro atoms. The molecule has 3 rings (SSSR count). The molecule has 3 N–H and O–H groups in total. The number of hydrogen-bond acceptors (Lipinski definition) is 5. The molecule has 0 aliphatic carbocycles. The van der Waals surface area contributed by atoms with Gasteiger partial charge >= 0.3 is 0 Å². The lowest BCUT2D eigenvalue weighted by Gasteiger charge is -2.28. The van der Waals surface area contributed by atoms with Gasteiger partial charge in [-0.05, 0) is 63.1 Å². The van der Waals surface area contributed by atoms with Gasteiger partial charge in [-0.25, -0.2) is 0 Å². The van der Waals surface area contributed by atoms with E-state index in [1.165, 1.54) is 17.0 Å². The van der Waals surface area contributed by atoms with E-state index in [-0.39, 0.29) is 41.6 Å². The van der Waals surface area contributed by atoms with Gasteiger partial charge in [0.15, 0.2) is 5.75 Å². The Balaban J connectivity index is 1.99. The Morgan fingerprint density at radius 3 is 2.38 bits per heavy atom. The Kier molecular flexibility index (Phi) is 7.47. The molecule has 1 heterocycles. The molecule has 8 heteroatoms. The third-order valence-corrected chi connectivity index (χ3v) is 5.75. The summed E-state index contributed by atoms with van der Waals surface area (Å²) in [4.78, 5) is 42.2. The maximum atomic E-state index is 13.5. The first kappa shape index (κ1) is 24.6. The van der Waals surface area contributed by atoms with Gasteiger partial charge in [0.1, 0.15) is 11.8 Å². The highest BCUT2D eigenvalue weighted by molar-refractivity contribution is 6.11. The Labute approximate surface area is 200 Å². The average molecular weight is 463 g/mol. The third-order valence-electron chi connectivity index (χ3n) is 5.75. The van der Waals surface area contributed by atoms with Crippen molar-refractivity contribution in [3.8, 4) is 23.8 Å². The van der Waals surface area contributed by atoms with E-state index in [9.17, 15) is 14.4 Å². The van der Waals surface area contributed by atoms with E-state index in [0.29, 0.717) is 18.8 Å². The van der Waals surface area contributed by atoms with Crippen LogP contribution in [0.2, 0.25) is 0 Å². The predicted octanol–water partition coefficient (Wildman–Crippen LogP) is 3.33. The minimum absolute atomic E-state index is 0.125. The number of hydrogen-bond donors (Lipinski definition) is 2. The zero-order chi connectivity index (χ0) is 25.0. The van der Waals surface area contributed by atoms with E-state index < -0.39 is 17.9 Å². The molecule has 0 unspecified atom stereocenters. The van der Waals surface area contributed by atoms with E-state index in [0.717, 1.165) is 11.1 Å². The maximum Gasteiger partial charge on any atom is 0.257 e. The summed E-state index contributed by atoms with van der Waals surface area (Å²) in [5, 5.41) is 2.75. The van der Waals surface area contributed by atoms with Crippen molar-refractivity contribution in [2.45, 2.75) is 40.2 Å². The van der Waals surface area contributed by atoms with Gasteiger partial charge in [-0.15, -0.1) is 6.42 Å². The number of nitrogen functional groups attached to an aromatic ring is 1. The number of benzene rings is 2.